The first-order valence-corrected chi connectivity index (χ1v) is 15.8. The van der Waals surface area contributed by atoms with Crippen LogP contribution >= 0.6 is 15.9 Å². The summed E-state index contributed by atoms with van der Waals surface area (Å²) in [6, 6.07) is 11.3. The number of ether oxygens (including phenoxy) is 6. The predicted molar refractivity (Wildman–Crippen MR) is 179 cm³/mol. The summed E-state index contributed by atoms with van der Waals surface area (Å²) in [5.74, 6) is 0.767. The molecule has 0 atom stereocenters. The van der Waals surface area contributed by atoms with Crippen LogP contribution in [0, 0.1) is 0 Å². The Morgan fingerprint density at radius 3 is 2.11 bits per heavy atom. The molecule has 0 aliphatic heterocycles. The molecule has 0 fully saturated rings. The first-order chi connectivity index (χ1) is 22.5. The fraction of sp³-hybridized carbons (Fsp3) is 0.469. The maximum atomic E-state index is 12.7. The number of likely N-dealkylation sites (N-methyl/N-ethyl adjacent to an activating group) is 1. The molecule has 0 unspecified atom stereocenters. The van der Waals surface area contributed by atoms with Crippen molar-refractivity contribution in [2.75, 3.05) is 111 Å². The molecule has 3 rings (SSSR count). The number of carbonyl (C=O) groups is 1. The molecule has 0 aliphatic carbocycles. The molecule has 2 N–H and O–H groups in total. The highest BCUT2D eigenvalue weighted by Gasteiger charge is 2.13. The topological polar surface area (TPSA) is 126 Å². The molecule has 1 amide bonds. The van der Waals surface area contributed by atoms with Crippen molar-refractivity contribution in [2.24, 2.45) is 0 Å². The van der Waals surface area contributed by atoms with Gasteiger partial charge in [0.25, 0.3) is 0 Å². The number of rotatable bonds is 24. The molecule has 46 heavy (non-hydrogen) atoms. The van der Waals surface area contributed by atoms with Crippen LogP contribution in [0.15, 0.2) is 59.4 Å². The van der Waals surface area contributed by atoms with Crippen LogP contribution in [0.3, 0.4) is 0 Å². The van der Waals surface area contributed by atoms with Crippen molar-refractivity contribution in [3.63, 3.8) is 0 Å². The molecule has 1 aromatic heterocycles. The Kier molecular flexibility index (Phi) is 18.1. The highest BCUT2D eigenvalue weighted by molar-refractivity contribution is 9.10. The second-order valence-corrected chi connectivity index (χ2v) is 10.9. The number of hydrogen-bond donors (Lipinski definition) is 2. The van der Waals surface area contributed by atoms with Gasteiger partial charge in [0.2, 0.25) is 5.91 Å². The Labute approximate surface area is 277 Å². The first-order valence-electron chi connectivity index (χ1n) is 15.0. The second-order valence-electron chi connectivity index (χ2n) is 9.98. The number of nitrogens with zero attached hydrogens (tertiary/aromatic N) is 3. The van der Waals surface area contributed by atoms with E-state index in [1.165, 1.54) is 12.4 Å². The highest BCUT2D eigenvalue weighted by atomic mass is 79.9. The third kappa shape index (κ3) is 14.9. The van der Waals surface area contributed by atoms with Gasteiger partial charge in [-0.25, -0.2) is 14.4 Å². The number of hydrogen-bond acceptors (Lipinski definition) is 11. The number of anilines is 3. The largest absolute Gasteiger partial charge is 0.489 e. The van der Waals surface area contributed by atoms with Gasteiger partial charge in [-0.2, -0.15) is 0 Å². The number of nitrogens with one attached hydrogen (secondary N) is 2. The summed E-state index contributed by atoms with van der Waals surface area (Å²) in [6.07, 6.45) is 4.76. The zero-order valence-corrected chi connectivity index (χ0v) is 27.9. The van der Waals surface area contributed by atoms with Gasteiger partial charge in [0.1, 0.15) is 31.2 Å². The van der Waals surface area contributed by atoms with Crippen molar-refractivity contribution < 1.29 is 37.6 Å². The molecule has 0 saturated heterocycles. The van der Waals surface area contributed by atoms with Crippen LogP contribution in [0.4, 0.5) is 21.6 Å². The normalized spacial score (nSPS) is 11.5. The lowest BCUT2D eigenvalue weighted by Crippen LogP contribution is -2.15. The van der Waals surface area contributed by atoms with E-state index < -0.39 is 6.67 Å². The van der Waals surface area contributed by atoms with Crippen molar-refractivity contribution in [1.82, 2.24) is 14.9 Å². The van der Waals surface area contributed by atoms with Gasteiger partial charge < -0.3 is 44.0 Å². The van der Waals surface area contributed by atoms with E-state index in [0.717, 1.165) is 10.2 Å². The molecule has 0 radical (unpaired) electrons. The van der Waals surface area contributed by atoms with E-state index in [1.54, 1.807) is 18.2 Å². The fourth-order valence-corrected chi connectivity index (χ4v) is 4.29. The summed E-state index contributed by atoms with van der Waals surface area (Å²) >= 11 is 3.49. The predicted octanol–water partition coefficient (Wildman–Crippen LogP) is 4.62. The summed E-state index contributed by atoms with van der Waals surface area (Å²) < 4.78 is 45.8. The number of halogens is 2. The van der Waals surface area contributed by atoms with E-state index in [1.807, 2.05) is 43.3 Å². The molecular formula is C32H43BrFN5O7. The number of fused-ring (bicyclic) bond motifs is 1. The Morgan fingerprint density at radius 2 is 1.50 bits per heavy atom. The van der Waals surface area contributed by atoms with Gasteiger partial charge in [0, 0.05) is 34.2 Å². The number of aromatic nitrogens is 2. The second kappa shape index (κ2) is 22.3. The van der Waals surface area contributed by atoms with Crippen LogP contribution in [0.5, 0.6) is 5.75 Å². The standard InChI is InChI=1S/C32H43BrFN5O7/c1-39(2)9-4-7-31(40)38-29-22-27-28(35-24-36-32(27)37-26-6-3-5-25(33)21-26)23-30(29)46-20-19-45-18-17-44-16-15-43-14-13-42-12-11-41-10-8-34/h3-7,21-24H,8-20H2,1-2H3,(H,38,40)(H,35,36,37). The molecular weight excluding hydrogens is 665 g/mol. The monoisotopic (exact) mass is 707 g/mol. The summed E-state index contributed by atoms with van der Waals surface area (Å²) in [6.45, 7) is 4.14. The fourth-order valence-electron chi connectivity index (χ4n) is 3.90. The van der Waals surface area contributed by atoms with E-state index in [0.29, 0.717) is 94.2 Å². The lowest BCUT2D eigenvalue weighted by molar-refractivity contribution is -0.111. The lowest BCUT2D eigenvalue weighted by atomic mass is 10.1. The quantitative estimate of drug-likeness (QED) is 0.100. The van der Waals surface area contributed by atoms with E-state index in [2.05, 4.69) is 36.5 Å². The smallest absolute Gasteiger partial charge is 0.248 e. The number of alkyl halides is 1. The molecule has 0 bridgehead atoms. The minimum absolute atomic E-state index is 0.0952. The average Bonchev–Trinajstić information content (AvgIpc) is 3.03. The van der Waals surface area contributed by atoms with Crippen molar-refractivity contribution in [1.29, 1.82) is 0 Å². The first kappa shape index (κ1) is 37.2. The number of amides is 1. The van der Waals surface area contributed by atoms with Gasteiger partial charge >= 0.3 is 0 Å². The van der Waals surface area contributed by atoms with Crippen molar-refractivity contribution in [3.8, 4) is 5.75 Å². The Balaban J connectivity index is 1.47. The Bertz CT molecular complexity index is 1350. The maximum absolute atomic E-state index is 12.7. The van der Waals surface area contributed by atoms with Crippen LogP contribution in [-0.2, 0) is 28.5 Å². The van der Waals surface area contributed by atoms with E-state index in [4.69, 9.17) is 28.4 Å². The van der Waals surface area contributed by atoms with Crippen molar-refractivity contribution >= 4 is 49.9 Å². The van der Waals surface area contributed by atoms with Gasteiger partial charge in [-0.1, -0.05) is 28.1 Å². The van der Waals surface area contributed by atoms with Gasteiger partial charge in [-0.15, -0.1) is 0 Å². The molecule has 12 nitrogen and oxygen atoms in total. The Morgan fingerprint density at radius 1 is 0.870 bits per heavy atom. The van der Waals surface area contributed by atoms with Crippen LogP contribution in [-0.4, -0.2) is 121 Å². The maximum Gasteiger partial charge on any atom is 0.248 e. The van der Waals surface area contributed by atoms with Gasteiger partial charge in [-0.3, -0.25) is 4.79 Å². The molecule has 0 aliphatic rings. The average molecular weight is 709 g/mol. The molecule has 1 heterocycles. The lowest BCUT2D eigenvalue weighted by Gasteiger charge is -2.15. The number of benzene rings is 2. The van der Waals surface area contributed by atoms with Crippen LogP contribution in [0.1, 0.15) is 0 Å². The SMILES string of the molecule is CN(C)CC=CC(=O)Nc1cc2c(Nc3cccc(Br)c3)ncnc2cc1OCCOCCOCCOCCOCCOCCF. The van der Waals surface area contributed by atoms with Gasteiger partial charge in [0.05, 0.1) is 77.3 Å². The Hall–Kier alpha value is -3.24. The van der Waals surface area contributed by atoms with E-state index >= 15 is 0 Å². The minimum Gasteiger partial charge on any atom is -0.489 e. The molecule has 14 heteroatoms. The van der Waals surface area contributed by atoms with Gasteiger partial charge in [0.15, 0.2) is 0 Å². The third-order valence-corrected chi connectivity index (χ3v) is 6.51. The summed E-state index contributed by atoms with van der Waals surface area (Å²) in [5.41, 5.74) is 1.98. The minimum atomic E-state index is -0.491. The number of carbonyl (C=O) groups excluding carboxylic acids is 1. The van der Waals surface area contributed by atoms with Crippen LogP contribution in [0.25, 0.3) is 10.9 Å². The zero-order chi connectivity index (χ0) is 32.8. The van der Waals surface area contributed by atoms with E-state index in [9.17, 15) is 9.18 Å². The molecule has 2 aromatic carbocycles. The zero-order valence-electron chi connectivity index (χ0n) is 26.3. The summed E-state index contributed by atoms with van der Waals surface area (Å²) in [7, 11) is 3.86. The molecule has 0 spiro atoms. The summed E-state index contributed by atoms with van der Waals surface area (Å²) in [5, 5.41) is 6.96. The molecule has 3 aromatic rings. The van der Waals surface area contributed by atoms with Crippen LogP contribution < -0.4 is 15.4 Å². The summed E-state index contributed by atoms with van der Waals surface area (Å²) in [4.78, 5) is 23.6. The third-order valence-electron chi connectivity index (χ3n) is 6.02. The highest BCUT2D eigenvalue weighted by Crippen LogP contribution is 2.33. The van der Waals surface area contributed by atoms with Crippen molar-refractivity contribution in [3.05, 3.63) is 59.4 Å². The molecule has 0 saturated carbocycles. The van der Waals surface area contributed by atoms with E-state index in [-0.39, 0.29) is 19.1 Å². The van der Waals surface area contributed by atoms with Gasteiger partial charge in [-0.05, 0) is 38.4 Å². The van der Waals surface area contributed by atoms with Crippen molar-refractivity contribution in [2.45, 2.75) is 0 Å². The van der Waals surface area contributed by atoms with Crippen LogP contribution in [0.2, 0.25) is 0 Å². The molecule has 252 valence electrons.